The topological polar surface area (TPSA) is 61.4 Å². The van der Waals surface area contributed by atoms with E-state index in [0.717, 1.165) is 13.0 Å². The standard InChI is InChI=1S/C14H27N3O2/c1-6-17(5)12(18)11(4)16-13(19)14(10(2)3)7-8-15-9-14/h10-11,15H,6-9H2,1-5H3,(H,16,19). The van der Waals surface area contributed by atoms with Crippen molar-refractivity contribution in [1.82, 2.24) is 15.5 Å². The van der Waals surface area contributed by atoms with Crippen molar-refractivity contribution < 1.29 is 9.59 Å². The molecule has 1 saturated heterocycles. The van der Waals surface area contributed by atoms with Crippen LogP contribution in [-0.4, -0.2) is 49.4 Å². The number of nitrogens with one attached hydrogen (secondary N) is 2. The molecule has 1 aliphatic rings. The van der Waals surface area contributed by atoms with Gasteiger partial charge in [0, 0.05) is 20.1 Å². The van der Waals surface area contributed by atoms with Gasteiger partial charge in [-0.3, -0.25) is 9.59 Å². The predicted octanol–water partition coefficient (Wildman–Crippen LogP) is 0.605. The van der Waals surface area contributed by atoms with E-state index in [9.17, 15) is 9.59 Å². The maximum atomic E-state index is 12.5. The maximum absolute atomic E-state index is 12.5. The molecule has 2 unspecified atom stereocenters. The van der Waals surface area contributed by atoms with Crippen molar-refractivity contribution in [2.24, 2.45) is 11.3 Å². The van der Waals surface area contributed by atoms with Crippen LogP contribution in [0.3, 0.4) is 0 Å². The molecular weight excluding hydrogens is 242 g/mol. The molecule has 0 bridgehead atoms. The molecule has 1 fully saturated rings. The third-order valence-corrected chi connectivity index (χ3v) is 4.31. The number of carbonyl (C=O) groups excluding carboxylic acids is 2. The minimum absolute atomic E-state index is 0.00199. The number of hydrogen-bond donors (Lipinski definition) is 2. The van der Waals surface area contributed by atoms with Gasteiger partial charge < -0.3 is 15.5 Å². The average Bonchev–Trinajstić information content (AvgIpc) is 2.87. The Morgan fingerprint density at radius 3 is 2.42 bits per heavy atom. The summed E-state index contributed by atoms with van der Waals surface area (Å²) in [5.41, 5.74) is -0.376. The predicted molar refractivity (Wildman–Crippen MR) is 75.7 cm³/mol. The fraction of sp³-hybridized carbons (Fsp3) is 0.857. The molecule has 0 saturated carbocycles. The molecule has 0 spiro atoms. The van der Waals surface area contributed by atoms with Gasteiger partial charge in [-0.25, -0.2) is 0 Å². The highest BCUT2D eigenvalue weighted by atomic mass is 16.2. The Labute approximate surface area is 116 Å². The molecule has 0 aliphatic carbocycles. The molecule has 1 heterocycles. The van der Waals surface area contributed by atoms with Gasteiger partial charge in [0.15, 0.2) is 0 Å². The van der Waals surface area contributed by atoms with Crippen LogP contribution >= 0.6 is 0 Å². The zero-order valence-corrected chi connectivity index (χ0v) is 12.7. The van der Waals surface area contributed by atoms with Crippen molar-refractivity contribution >= 4 is 11.8 Å². The molecule has 1 rings (SSSR count). The summed E-state index contributed by atoms with van der Waals surface area (Å²) in [4.78, 5) is 26.1. The minimum Gasteiger partial charge on any atom is -0.344 e. The summed E-state index contributed by atoms with van der Waals surface area (Å²) in [6, 6.07) is -0.464. The summed E-state index contributed by atoms with van der Waals surface area (Å²) in [5.74, 6) is 0.215. The second-order valence-corrected chi connectivity index (χ2v) is 5.79. The van der Waals surface area contributed by atoms with E-state index in [0.29, 0.717) is 13.1 Å². The van der Waals surface area contributed by atoms with Crippen molar-refractivity contribution in [1.29, 1.82) is 0 Å². The molecule has 2 N–H and O–H groups in total. The summed E-state index contributed by atoms with van der Waals surface area (Å²) in [5, 5.41) is 6.14. The number of carbonyl (C=O) groups is 2. The molecule has 2 amide bonds. The first-order valence-electron chi connectivity index (χ1n) is 7.11. The lowest BCUT2D eigenvalue weighted by Crippen LogP contribution is -2.53. The summed E-state index contributed by atoms with van der Waals surface area (Å²) >= 11 is 0. The van der Waals surface area contributed by atoms with E-state index < -0.39 is 6.04 Å². The van der Waals surface area contributed by atoms with Gasteiger partial charge in [-0.2, -0.15) is 0 Å². The smallest absolute Gasteiger partial charge is 0.244 e. The lowest BCUT2D eigenvalue weighted by molar-refractivity contribution is -0.139. The lowest BCUT2D eigenvalue weighted by atomic mass is 9.75. The Bertz CT molecular complexity index is 336. The Hall–Kier alpha value is -1.10. The Balaban J connectivity index is 2.70. The van der Waals surface area contributed by atoms with Crippen LogP contribution in [0.15, 0.2) is 0 Å². The van der Waals surface area contributed by atoms with Crippen molar-refractivity contribution in [3.63, 3.8) is 0 Å². The molecule has 19 heavy (non-hydrogen) atoms. The molecule has 5 nitrogen and oxygen atoms in total. The molecule has 1 aliphatic heterocycles. The third-order valence-electron chi connectivity index (χ3n) is 4.31. The van der Waals surface area contributed by atoms with Gasteiger partial charge in [0.1, 0.15) is 6.04 Å². The zero-order chi connectivity index (χ0) is 14.6. The fourth-order valence-corrected chi connectivity index (χ4v) is 2.55. The van der Waals surface area contributed by atoms with Crippen LogP contribution in [0, 0.1) is 11.3 Å². The first kappa shape index (κ1) is 16.0. The Morgan fingerprint density at radius 1 is 1.37 bits per heavy atom. The minimum atomic E-state index is -0.464. The first-order chi connectivity index (χ1) is 8.85. The van der Waals surface area contributed by atoms with Crippen molar-refractivity contribution in [3.05, 3.63) is 0 Å². The Morgan fingerprint density at radius 2 is 2.00 bits per heavy atom. The van der Waals surface area contributed by atoms with E-state index in [-0.39, 0.29) is 23.1 Å². The van der Waals surface area contributed by atoms with Gasteiger partial charge >= 0.3 is 0 Å². The van der Waals surface area contributed by atoms with Crippen molar-refractivity contribution in [2.75, 3.05) is 26.7 Å². The van der Waals surface area contributed by atoms with E-state index in [2.05, 4.69) is 24.5 Å². The fourth-order valence-electron chi connectivity index (χ4n) is 2.55. The van der Waals surface area contributed by atoms with Crippen molar-refractivity contribution in [3.8, 4) is 0 Å². The summed E-state index contributed by atoms with van der Waals surface area (Å²) < 4.78 is 0. The number of amides is 2. The van der Waals surface area contributed by atoms with Crippen molar-refractivity contribution in [2.45, 2.75) is 40.2 Å². The van der Waals surface area contributed by atoms with E-state index in [1.165, 1.54) is 0 Å². The largest absolute Gasteiger partial charge is 0.344 e. The number of nitrogens with zero attached hydrogens (tertiary/aromatic N) is 1. The maximum Gasteiger partial charge on any atom is 0.244 e. The molecule has 5 heteroatoms. The highest BCUT2D eigenvalue weighted by Gasteiger charge is 2.44. The molecule has 0 aromatic rings. The van der Waals surface area contributed by atoms with Gasteiger partial charge in [0.05, 0.1) is 5.41 Å². The van der Waals surface area contributed by atoms with Crippen LogP contribution in [0.1, 0.15) is 34.1 Å². The molecule has 0 aromatic heterocycles. The molecule has 0 aromatic carbocycles. The normalized spacial score (nSPS) is 24.3. The van der Waals surface area contributed by atoms with Gasteiger partial charge in [-0.1, -0.05) is 13.8 Å². The number of rotatable bonds is 5. The number of hydrogen-bond acceptors (Lipinski definition) is 3. The van der Waals surface area contributed by atoms with Crippen LogP contribution in [0.2, 0.25) is 0 Å². The molecule has 2 atom stereocenters. The van der Waals surface area contributed by atoms with Crippen LogP contribution in [-0.2, 0) is 9.59 Å². The second kappa shape index (κ2) is 6.37. The first-order valence-corrected chi connectivity index (χ1v) is 7.11. The van der Waals surface area contributed by atoms with Crippen LogP contribution < -0.4 is 10.6 Å². The zero-order valence-electron chi connectivity index (χ0n) is 12.7. The van der Waals surface area contributed by atoms with Gasteiger partial charge in [-0.15, -0.1) is 0 Å². The lowest BCUT2D eigenvalue weighted by Gasteiger charge is -2.32. The van der Waals surface area contributed by atoms with E-state index in [1.807, 2.05) is 6.92 Å². The van der Waals surface area contributed by atoms with Crippen LogP contribution in [0.25, 0.3) is 0 Å². The summed E-state index contributed by atoms with van der Waals surface area (Å²) in [6.07, 6.45) is 0.834. The van der Waals surface area contributed by atoms with E-state index >= 15 is 0 Å². The number of likely N-dealkylation sites (N-methyl/N-ethyl adjacent to an activating group) is 1. The molecule has 110 valence electrons. The quantitative estimate of drug-likeness (QED) is 0.768. The summed E-state index contributed by atoms with van der Waals surface area (Å²) in [6.45, 7) is 10.0. The third kappa shape index (κ3) is 3.26. The Kier molecular flexibility index (Phi) is 5.35. The highest BCUT2D eigenvalue weighted by molar-refractivity contribution is 5.90. The molecule has 0 radical (unpaired) electrons. The van der Waals surface area contributed by atoms with E-state index in [1.54, 1.807) is 18.9 Å². The molecular formula is C14H27N3O2. The SMILES string of the molecule is CCN(C)C(=O)C(C)NC(=O)C1(C(C)C)CCNC1. The van der Waals surface area contributed by atoms with Crippen LogP contribution in [0.5, 0.6) is 0 Å². The van der Waals surface area contributed by atoms with Gasteiger partial charge in [0.25, 0.3) is 0 Å². The summed E-state index contributed by atoms with van der Waals surface area (Å²) in [7, 11) is 1.75. The second-order valence-electron chi connectivity index (χ2n) is 5.79. The average molecular weight is 269 g/mol. The van der Waals surface area contributed by atoms with Crippen LogP contribution in [0.4, 0.5) is 0 Å². The van der Waals surface area contributed by atoms with Gasteiger partial charge in [-0.05, 0) is 32.7 Å². The van der Waals surface area contributed by atoms with E-state index in [4.69, 9.17) is 0 Å². The van der Waals surface area contributed by atoms with Gasteiger partial charge in [0.2, 0.25) is 11.8 Å². The highest BCUT2D eigenvalue weighted by Crippen LogP contribution is 2.34. The monoisotopic (exact) mass is 269 g/mol.